The third-order valence-corrected chi connectivity index (χ3v) is 7.67. The molecule has 0 amide bonds. The maximum atomic E-state index is 2.53. The normalized spacial score (nSPS) is 15.5. The molecule has 2 aliphatic heterocycles. The van der Waals surface area contributed by atoms with Crippen LogP contribution in [0.25, 0.3) is 0 Å². The number of rotatable bonds is 1. The molecule has 0 fully saturated rings. The maximum Gasteiger partial charge on any atom is 0.246 e. The van der Waals surface area contributed by atoms with Gasteiger partial charge in [-0.05, 0) is 45.2 Å². The van der Waals surface area contributed by atoms with Crippen LogP contribution in [0, 0.1) is 0 Å². The van der Waals surface area contributed by atoms with E-state index in [1.54, 1.807) is 0 Å². The summed E-state index contributed by atoms with van der Waals surface area (Å²) in [4.78, 5) is 2.53. The monoisotopic (exact) mass is 427 g/mol. The Labute approximate surface area is 198 Å². The predicted octanol–water partition coefficient (Wildman–Crippen LogP) is 5.92. The van der Waals surface area contributed by atoms with E-state index < -0.39 is 0 Å². The molecule has 1 nitrogen and oxygen atoms in total. The van der Waals surface area contributed by atoms with E-state index in [1.807, 2.05) is 0 Å². The smallest absolute Gasteiger partial charge is 0.246 e. The molecule has 2 heteroatoms. The van der Waals surface area contributed by atoms with Gasteiger partial charge in [0.25, 0.3) is 0 Å². The van der Waals surface area contributed by atoms with E-state index in [4.69, 9.17) is 0 Å². The largest absolute Gasteiger partial charge is 0.311 e. The second-order valence-electron chi connectivity index (χ2n) is 11.1. The third-order valence-electron chi connectivity index (χ3n) is 7.67. The van der Waals surface area contributed by atoms with Gasteiger partial charge in [-0.2, -0.15) is 0 Å². The zero-order chi connectivity index (χ0) is 23.0. The lowest BCUT2D eigenvalue weighted by atomic mass is 9.34. The number of anilines is 3. The van der Waals surface area contributed by atoms with Crippen LogP contribution < -0.4 is 21.3 Å². The molecule has 0 atom stereocenters. The predicted molar refractivity (Wildman–Crippen MR) is 143 cm³/mol. The van der Waals surface area contributed by atoms with Crippen LogP contribution in [0.4, 0.5) is 17.1 Å². The molecular weight excluding hydrogens is 397 g/mol. The van der Waals surface area contributed by atoms with Crippen molar-refractivity contribution in [2.75, 3.05) is 4.90 Å². The Bertz CT molecular complexity index is 1380. The van der Waals surface area contributed by atoms with E-state index >= 15 is 0 Å². The molecule has 4 aromatic carbocycles. The SMILES string of the molecule is CC(C)(C)c1ccc2c(c1)C(C)(C)c1cccc3c1N2c1ccccc1B3c1ccccc1. The summed E-state index contributed by atoms with van der Waals surface area (Å²) in [7, 11) is 0. The third kappa shape index (κ3) is 2.86. The lowest BCUT2D eigenvalue weighted by molar-refractivity contribution is 0.580. The quantitative estimate of drug-likeness (QED) is 0.300. The van der Waals surface area contributed by atoms with Crippen LogP contribution in [0.2, 0.25) is 0 Å². The van der Waals surface area contributed by atoms with Crippen molar-refractivity contribution in [1.82, 2.24) is 0 Å². The van der Waals surface area contributed by atoms with Crippen LogP contribution in [-0.4, -0.2) is 6.71 Å². The van der Waals surface area contributed by atoms with Crippen LogP contribution in [0.3, 0.4) is 0 Å². The van der Waals surface area contributed by atoms with E-state index in [1.165, 1.54) is 50.1 Å². The van der Waals surface area contributed by atoms with Crippen LogP contribution in [-0.2, 0) is 10.8 Å². The summed E-state index contributed by atoms with van der Waals surface area (Å²) in [6, 6.07) is 34.0. The first-order chi connectivity index (χ1) is 15.8. The first kappa shape index (κ1) is 20.4. The van der Waals surface area contributed by atoms with Crippen molar-refractivity contribution in [2.45, 2.75) is 45.4 Å². The average Bonchev–Trinajstić information content (AvgIpc) is 2.81. The fraction of sp³-hybridized carbons (Fsp3) is 0.226. The second-order valence-corrected chi connectivity index (χ2v) is 11.1. The summed E-state index contributed by atoms with van der Waals surface area (Å²) in [5, 5.41) is 0. The van der Waals surface area contributed by atoms with Gasteiger partial charge in [0.05, 0.1) is 5.69 Å². The zero-order valence-electron chi connectivity index (χ0n) is 20.2. The van der Waals surface area contributed by atoms with Gasteiger partial charge < -0.3 is 4.90 Å². The molecule has 0 bridgehead atoms. The number of hydrogen-bond donors (Lipinski definition) is 0. The Hall–Kier alpha value is -3.26. The molecule has 6 rings (SSSR count). The summed E-state index contributed by atoms with van der Waals surface area (Å²) < 4.78 is 0. The van der Waals surface area contributed by atoms with Gasteiger partial charge in [0.2, 0.25) is 6.71 Å². The molecule has 0 saturated carbocycles. The first-order valence-corrected chi connectivity index (χ1v) is 12.0. The minimum atomic E-state index is -0.0774. The summed E-state index contributed by atoms with van der Waals surface area (Å²) >= 11 is 0. The van der Waals surface area contributed by atoms with Crippen molar-refractivity contribution in [3.8, 4) is 0 Å². The lowest BCUT2D eigenvalue weighted by Gasteiger charge is -2.47. The van der Waals surface area contributed by atoms with Crippen molar-refractivity contribution in [2.24, 2.45) is 0 Å². The maximum absolute atomic E-state index is 2.53. The second kappa shape index (κ2) is 6.87. The van der Waals surface area contributed by atoms with Crippen molar-refractivity contribution in [3.05, 3.63) is 108 Å². The van der Waals surface area contributed by atoms with E-state index in [-0.39, 0.29) is 17.5 Å². The summed E-state index contributed by atoms with van der Waals surface area (Å²) in [5.74, 6) is 0. The Morgan fingerprint density at radius 1 is 0.667 bits per heavy atom. The summed E-state index contributed by atoms with van der Waals surface area (Å²) in [6.07, 6.45) is 0. The number of nitrogens with zero attached hydrogens (tertiary/aromatic N) is 1. The highest BCUT2D eigenvalue weighted by molar-refractivity contribution is 6.98. The molecule has 0 unspecified atom stereocenters. The topological polar surface area (TPSA) is 3.24 Å². The van der Waals surface area contributed by atoms with Crippen LogP contribution in [0.5, 0.6) is 0 Å². The number of fused-ring (bicyclic) bond motifs is 4. The van der Waals surface area contributed by atoms with E-state index in [0.29, 0.717) is 0 Å². The zero-order valence-corrected chi connectivity index (χ0v) is 20.2. The highest BCUT2D eigenvalue weighted by Crippen LogP contribution is 2.52. The molecule has 0 aliphatic carbocycles. The van der Waals surface area contributed by atoms with Crippen molar-refractivity contribution in [3.63, 3.8) is 0 Å². The summed E-state index contributed by atoms with van der Waals surface area (Å²) in [6.45, 7) is 11.9. The van der Waals surface area contributed by atoms with Gasteiger partial charge in [0.1, 0.15) is 0 Å². The molecule has 4 aromatic rings. The van der Waals surface area contributed by atoms with Crippen molar-refractivity contribution < 1.29 is 0 Å². The van der Waals surface area contributed by atoms with Crippen LogP contribution in [0.1, 0.15) is 51.3 Å². The van der Waals surface area contributed by atoms with Gasteiger partial charge in [-0.15, -0.1) is 0 Å². The van der Waals surface area contributed by atoms with E-state index in [0.717, 1.165) is 0 Å². The Balaban J connectivity index is 1.69. The minimum absolute atomic E-state index is 0.0774. The number of hydrogen-bond acceptors (Lipinski definition) is 1. The van der Waals surface area contributed by atoms with E-state index in [2.05, 4.69) is 131 Å². The molecule has 0 spiro atoms. The van der Waals surface area contributed by atoms with Gasteiger partial charge in [-0.1, -0.05) is 119 Å². The number of para-hydroxylation sites is 2. The average molecular weight is 427 g/mol. The fourth-order valence-electron chi connectivity index (χ4n) is 5.87. The summed E-state index contributed by atoms with van der Waals surface area (Å²) in [5.41, 5.74) is 12.4. The van der Waals surface area contributed by atoms with Crippen LogP contribution in [0.15, 0.2) is 91.0 Å². The molecule has 33 heavy (non-hydrogen) atoms. The Morgan fingerprint density at radius 3 is 2.12 bits per heavy atom. The van der Waals surface area contributed by atoms with Gasteiger partial charge >= 0.3 is 0 Å². The Morgan fingerprint density at radius 2 is 1.36 bits per heavy atom. The highest BCUT2D eigenvalue weighted by Gasteiger charge is 2.44. The number of benzene rings is 4. The van der Waals surface area contributed by atoms with E-state index in [9.17, 15) is 0 Å². The molecule has 0 aromatic heterocycles. The highest BCUT2D eigenvalue weighted by atomic mass is 15.2. The molecular formula is C31H30BN. The molecule has 0 radical (unpaired) electrons. The Kier molecular flexibility index (Phi) is 4.24. The van der Waals surface area contributed by atoms with Gasteiger partial charge in [-0.25, -0.2) is 0 Å². The minimum Gasteiger partial charge on any atom is -0.311 e. The lowest BCUT2D eigenvalue weighted by Crippen LogP contribution is -2.58. The van der Waals surface area contributed by atoms with Crippen molar-refractivity contribution >= 4 is 40.2 Å². The first-order valence-electron chi connectivity index (χ1n) is 12.0. The van der Waals surface area contributed by atoms with Gasteiger partial charge in [0, 0.05) is 16.8 Å². The molecule has 0 N–H and O–H groups in total. The molecule has 2 aliphatic rings. The van der Waals surface area contributed by atoms with Crippen molar-refractivity contribution in [1.29, 1.82) is 0 Å². The van der Waals surface area contributed by atoms with Crippen LogP contribution >= 0.6 is 0 Å². The molecule has 162 valence electrons. The van der Waals surface area contributed by atoms with Gasteiger partial charge in [0.15, 0.2) is 0 Å². The molecule has 2 heterocycles. The molecule has 0 saturated heterocycles. The fourth-order valence-corrected chi connectivity index (χ4v) is 5.87. The van der Waals surface area contributed by atoms with Gasteiger partial charge in [-0.3, -0.25) is 0 Å². The standard InChI is InChI=1S/C31H30BN/c1-30(2,3)21-18-19-27-24(20-21)31(4,5)23-14-11-16-26-29(23)33(27)28-17-10-9-15-25(28)32(26)22-12-7-6-8-13-22/h6-20H,1-5H3.